The molecule has 1 atom stereocenters. The lowest BCUT2D eigenvalue weighted by molar-refractivity contribution is -0.145. The molecule has 0 aliphatic carbocycles. The summed E-state index contributed by atoms with van der Waals surface area (Å²) in [4.78, 5) is 11.8. The quantitative estimate of drug-likeness (QED) is 0.711. The van der Waals surface area contributed by atoms with Gasteiger partial charge in [0.25, 0.3) is 0 Å². The fourth-order valence-electron chi connectivity index (χ4n) is 2.58. The zero-order chi connectivity index (χ0) is 18.4. The number of nitrogens with zero attached hydrogens (tertiary/aromatic N) is 1. The zero-order valence-corrected chi connectivity index (χ0v) is 15.5. The van der Waals surface area contributed by atoms with Crippen LogP contribution in [0.3, 0.4) is 0 Å². The third kappa shape index (κ3) is 4.46. The smallest absolute Gasteiger partial charge is 0.309 e. The van der Waals surface area contributed by atoms with E-state index in [1.165, 1.54) is 11.4 Å². The van der Waals surface area contributed by atoms with E-state index in [0.717, 1.165) is 11.1 Å². The summed E-state index contributed by atoms with van der Waals surface area (Å²) in [7, 11) is -2.36. The molecule has 0 radical (unpaired) electrons. The maximum Gasteiger partial charge on any atom is 0.309 e. The summed E-state index contributed by atoms with van der Waals surface area (Å²) in [5.41, 5.74) is 1.98. The number of sulfonamides is 1. The Balaban J connectivity index is 2.24. The Morgan fingerprint density at radius 1 is 1.04 bits per heavy atom. The van der Waals surface area contributed by atoms with Gasteiger partial charge in [0.2, 0.25) is 10.0 Å². The molecule has 0 saturated carbocycles. The summed E-state index contributed by atoms with van der Waals surface area (Å²) < 4.78 is 31.6. The molecule has 0 saturated heterocycles. The first-order valence-corrected chi connectivity index (χ1v) is 9.57. The van der Waals surface area contributed by atoms with E-state index in [1.807, 2.05) is 30.3 Å². The van der Waals surface area contributed by atoms with E-state index in [1.54, 1.807) is 38.1 Å². The molecule has 5 nitrogen and oxygen atoms in total. The first kappa shape index (κ1) is 19.1. The molecule has 0 bridgehead atoms. The lowest BCUT2D eigenvalue weighted by Crippen LogP contribution is -2.37. The Hall–Kier alpha value is -2.18. The van der Waals surface area contributed by atoms with Crippen molar-refractivity contribution in [1.82, 2.24) is 4.31 Å². The SMILES string of the molecule is CCN(CC(C)C(=O)OC)S(=O)(=O)c1ccc(-c2ccccc2)cc1. The molecule has 0 spiro atoms. The highest BCUT2D eigenvalue weighted by atomic mass is 32.2. The van der Waals surface area contributed by atoms with Gasteiger partial charge in [-0.3, -0.25) is 4.79 Å². The van der Waals surface area contributed by atoms with Crippen LogP contribution in [0.15, 0.2) is 59.5 Å². The standard InChI is InChI=1S/C19H23NO4S/c1-4-20(14-15(2)19(21)24-3)25(22,23)18-12-10-17(11-13-18)16-8-6-5-7-9-16/h5-13,15H,4,14H2,1-3H3. The number of rotatable bonds is 7. The number of ether oxygens (including phenoxy) is 1. The Morgan fingerprint density at radius 3 is 2.12 bits per heavy atom. The number of hydrogen-bond acceptors (Lipinski definition) is 4. The Labute approximate surface area is 149 Å². The monoisotopic (exact) mass is 361 g/mol. The van der Waals surface area contributed by atoms with Gasteiger partial charge in [-0.05, 0) is 23.3 Å². The molecule has 0 amide bonds. The maximum atomic E-state index is 12.8. The molecule has 2 aromatic rings. The predicted molar refractivity (Wildman–Crippen MR) is 97.5 cm³/mol. The van der Waals surface area contributed by atoms with Gasteiger partial charge in [-0.25, -0.2) is 8.42 Å². The van der Waals surface area contributed by atoms with Gasteiger partial charge < -0.3 is 4.74 Å². The summed E-state index contributed by atoms with van der Waals surface area (Å²) in [6, 6.07) is 16.5. The van der Waals surface area contributed by atoms with Crippen LogP contribution in [0.25, 0.3) is 11.1 Å². The van der Waals surface area contributed by atoms with Crippen molar-refractivity contribution in [3.63, 3.8) is 0 Å². The lowest BCUT2D eigenvalue weighted by atomic mass is 10.1. The highest BCUT2D eigenvalue weighted by Gasteiger charge is 2.27. The Kier molecular flexibility index (Phi) is 6.33. The summed E-state index contributed by atoms with van der Waals surface area (Å²) in [5, 5.41) is 0. The van der Waals surface area contributed by atoms with E-state index >= 15 is 0 Å². The van der Waals surface area contributed by atoms with Crippen LogP contribution in [-0.2, 0) is 19.6 Å². The summed E-state index contributed by atoms with van der Waals surface area (Å²) in [5.74, 6) is -0.948. The van der Waals surface area contributed by atoms with E-state index in [0.29, 0.717) is 0 Å². The molecule has 0 N–H and O–H groups in total. The molecule has 2 rings (SSSR count). The maximum absolute atomic E-state index is 12.8. The molecular weight excluding hydrogens is 338 g/mol. The van der Waals surface area contributed by atoms with Crippen LogP contribution in [0.2, 0.25) is 0 Å². The first-order valence-electron chi connectivity index (χ1n) is 8.13. The van der Waals surface area contributed by atoms with Crippen molar-refractivity contribution in [2.24, 2.45) is 5.92 Å². The highest BCUT2D eigenvalue weighted by molar-refractivity contribution is 7.89. The topological polar surface area (TPSA) is 63.7 Å². The second kappa shape index (κ2) is 8.27. The number of esters is 1. The van der Waals surface area contributed by atoms with Gasteiger partial charge in [0.15, 0.2) is 0 Å². The summed E-state index contributed by atoms with van der Waals surface area (Å²) in [6.45, 7) is 3.78. The third-order valence-corrected chi connectivity index (χ3v) is 5.99. The van der Waals surface area contributed by atoms with Crippen molar-refractivity contribution in [2.45, 2.75) is 18.7 Å². The van der Waals surface area contributed by atoms with Crippen LogP contribution in [-0.4, -0.2) is 38.9 Å². The van der Waals surface area contributed by atoms with Gasteiger partial charge in [0.1, 0.15) is 0 Å². The lowest BCUT2D eigenvalue weighted by Gasteiger charge is -2.23. The summed E-state index contributed by atoms with van der Waals surface area (Å²) >= 11 is 0. The van der Waals surface area contributed by atoms with Gasteiger partial charge in [0.05, 0.1) is 17.9 Å². The normalized spacial score (nSPS) is 12.8. The molecule has 134 valence electrons. The van der Waals surface area contributed by atoms with E-state index in [2.05, 4.69) is 4.74 Å². The zero-order valence-electron chi connectivity index (χ0n) is 14.7. The second-order valence-corrected chi connectivity index (χ2v) is 7.71. The molecule has 0 heterocycles. The van der Waals surface area contributed by atoms with Crippen LogP contribution in [0.1, 0.15) is 13.8 Å². The molecule has 0 aliphatic rings. The van der Waals surface area contributed by atoms with Crippen LogP contribution >= 0.6 is 0 Å². The minimum atomic E-state index is -3.66. The minimum absolute atomic E-state index is 0.0892. The molecule has 0 fully saturated rings. The molecule has 2 aromatic carbocycles. The minimum Gasteiger partial charge on any atom is -0.469 e. The average Bonchev–Trinajstić information content (AvgIpc) is 2.65. The van der Waals surface area contributed by atoms with Crippen LogP contribution in [0.4, 0.5) is 0 Å². The fraction of sp³-hybridized carbons (Fsp3) is 0.316. The van der Waals surface area contributed by atoms with Crippen molar-refractivity contribution in [3.8, 4) is 11.1 Å². The Bertz CT molecular complexity index is 801. The molecule has 6 heteroatoms. The number of carbonyl (C=O) groups excluding carboxylic acids is 1. The van der Waals surface area contributed by atoms with Crippen molar-refractivity contribution >= 4 is 16.0 Å². The largest absolute Gasteiger partial charge is 0.469 e. The molecule has 0 aromatic heterocycles. The van der Waals surface area contributed by atoms with Crippen LogP contribution in [0.5, 0.6) is 0 Å². The highest BCUT2D eigenvalue weighted by Crippen LogP contribution is 2.23. The van der Waals surface area contributed by atoms with E-state index in [-0.39, 0.29) is 18.0 Å². The van der Waals surface area contributed by atoms with Crippen LogP contribution < -0.4 is 0 Å². The third-order valence-electron chi connectivity index (χ3n) is 4.03. The number of hydrogen-bond donors (Lipinski definition) is 0. The van der Waals surface area contributed by atoms with Gasteiger partial charge in [-0.1, -0.05) is 56.3 Å². The molecular formula is C19H23NO4S. The van der Waals surface area contributed by atoms with Crippen molar-refractivity contribution in [1.29, 1.82) is 0 Å². The van der Waals surface area contributed by atoms with Gasteiger partial charge in [-0.15, -0.1) is 0 Å². The van der Waals surface area contributed by atoms with Gasteiger partial charge in [0, 0.05) is 13.1 Å². The molecule has 0 aliphatic heterocycles. The number of benzene rings is 2. The van der Waals surface area contributed by atoms with Crippen molar-refractivity contribution < 1.29 is 17.9 Å². The number of carbonyl (C=O) groups is 1. The van der Waals surface area contributed by atoms with Crippen molar-refractivity contribution in [2.75, 3.05) is 20.2 Å². The summed E-state index contributed by atoms with van der Waals surface area (Å²) in [6.07, 6.45) is 0. The van der Waals surface area contributed by atoms with Crippen LogP contribution in [0, 0.1) is 5.92 Å². The van der Waals surface area contributed by atoms with Crippen molar-refractivity contribution in [3.05, 3.63) is 54.6 Å². The second-order valence-electron chi connectivity index (χ2n) is 5.77. The molecule has 25 heavy (non-hydrogen) atoms. The average molecular weight is 361 g/mol. The van der Waals surface area contributed by atoms with Gasteiger partial charge in [-0.2, -0.15) is 4.31 Å². The van der Waals surface area contributed by atoms with E-state index in [9.17, 15) is 13.2 Å². The number of methoxy groups -OCH3 is 1. The Morgan fingerprint density at radius 2 is 1.60 bits per heavy atom. The van der Waals surface area contributed by atoms with E-state index < -0.39 is 21.9 Å². The molecule has 1 unspecified atom stereocenters. The van der Waals surface area contributed by atoms with Gasteiger partial charge >= 0.3 is 5.97 Å². The van der Waals surface area contributed by atoms with E-state index in [4.69, 9.17) is 0 Å². The first-order chi connectivity index (χ1) is 11.9. The fourth-order valence-corrected chi connectivity index (χ4v) is 4.12. The predicted octanol–water partition coefficient (Wildman–Crippen LogP) is 3.17.